The molecule has 1 saturated heterocycles. The smallest absolute Gasteiger partial charge is 0.225 e. The fraction of sp³-hybridized carbons (Fsp3) is 0.615. The molecule has 0 bridgehead atoms. The summed E-state index contributed by atoms with van der Waals surface area (Å²) < 4.78 is 0. The third-order valence-electron chi connectivity index (χ3n) is 3.88. The lowest BCUT2D eigenvalue weighted by Crippen LogP contribution is -2.51. The highest BCUT2D eigenvalue weighted by Crippen LogP contribution is 2.28. The first-order valence-corrected chi connectivity index (χ1v) is 6.65. The van der Waals surface area contributed by atoms with Crippen LogP contribution in [-0.2, 0) is 4.79 Å². The molecule has 19 heavy (non-hydrogen) atoms. The second kappa shape index (κ2) is 6.19. The predicted octanol–water partition coefficient (Wildman–Crippen LogP) is 1.35. The molecule has 0 atom stereocenters. The van der Waals surface area contributed by atoms with Crippen molar-refractivity contribution in [1.82, 2.24) is 14.9 Å². The van der Waals surface area contributed by atoms with Gasteiger partial charge in [-0.2, -0.15) is 0 Å². The largest absolute Gasteiger partial charge is 0.339 e. The van der Waals surface area contributed by atoms with Crippen LogP contribution in [0.2, 0.25) is 0 Å². The van der Waals surface area contributed by atoms with E-state index in [-0.39, 0.29) is 12.4 Å². The number of rotatable bonds is 2. The Labute approximate surface area is 119 Å². The second-order valence-electron chi connectivity index (χ2n) is 4.99. The topological polar surface area (TPSA) is 49.3 Å². The standard InChI is InChI=1S/C13H18N4O.ClH/c18-12(11-3-1-4-11)16-7-9-17(10-8-16)13-14-5-2-6-15-13;/h2,5-6,11H,1,3-4,7-10H2;1H. The third kappa shape index (κ3) is 2.97. The maximum absolute atomic E-state index is 12.1. The molecule has 0 radical (unpaired) electrons. The van der Waals surface area contributed by atoms with Gasteiger partial charge in [0.1, 0.15) is 0 Å². The van der Waals surface area contributed by atoms with Crippen LogP contribution < -0.4 is 4.90 Å². The Bertz CT molecular complexity index is 416. The van der Waals surface area contributed by atoms with Gasteiger partial charge in [-0.1, -0.05) is 6.42 Å². The Morgan fingerprint density at radius 3 is 2.26 bits per heavy atom. The number of anilines is 1. The summed E-state index contributed by atoms with van der Waals surface area (Å²) in [5, 5.41) is 0. The van der Waals surface area contributed by atoms with Gasteiger partial charge in [0.2, 0.25) is 11.9 Å². The monoisotopic (exact) mass is 282 g/mol. The van der Waals surface area contributed by atoms with Gasteiger partial charge in [-0.15, -0.1) is 12.4 Å². The van der Waals surface area contributed by atoms with Crippen molar-refractivity contribution < 1.29 is 4.79 Å². The lowest BCUT2D eigenvalue weighted by atomic mass is 9.84. The number of carbonyl (C=O) groups is 1. The van der Waals surface area contributed by atoms with Gasteiger partial charge in [0.25, 0.3) is 0 Å². The molecular weight excluding hydrogens is 264 g/mol. The fourth-order valence-electron chi connectivity index (χ4n) is 2.49. The Morgan fingerprint density at radius 2 is 1.74 bits per heavy atom. The lowest BCUT2D eigenvalue weighted by Gasteiger charge is -2.38. The molecule has 5 nitrogen and oxygen atoms in total. The molecule has 1 amide bonds. The van der Waals surface area contributed by atoms with E-state index in [0.29, 0.717) is 11.8 Å². The first kappa shape index (κ1) is 14.1. The third-order valence-corrected chi connectivity index (χ3v) is 3.88. The Hall–Kier alpha value is -1.36. The molecule has 0 spiro atoms. The highest BCUT2D eigenvalue weighted by Gasteiger charge is 2.31. The van der Waals surface area contributed by atoms with Crippen molar-refractivity contribution in [2.24, 2.45) is 5.92 Å². The summed E-state index contributed by atoms with van der Waals surface area (Å²) in [4.78, 5) is 24.7. The van der Waals surface area contributed by atoms with Gasteiger partial charge in [0.15, 0.2) is 0 Å². The van der Waals surface area contributed by atoms with Gasteiger partial charge in [-0.25, -0.2) is 9.97 Å². The number of amides is 1. The molecule has 1 aromatic rings. The SMILES string of the molecule is Cl.O=C(C1CCC1)N1CCN(c2ncccn2)CC1. The zero-order valence-electron chi connectivity index (χ0n) is 10.9. The minimum Gasteiger partial charge on any atom is -0.339 e. The zero-order chi connectivity index (χ0) is 12.4. The number of hydrogen-bond acceptors (Lipinski definition) is 4. The molecule has 0 N–H and O–H groups in total. The molecule has 104 valence electrons. The summed E-state index contributed by atoms with van der Waals surface area (Å²) in [6.07, 6.45) is 6.90. The van der Waals surface area contributed by atoms with Crippen molar-refractivity contribution in [3.8, 4) is 0 Å². The Kier molecular flexibility index (Phi) is 4.58. The summed E-state index contributed by atoms with van der Waals surface area (Å²) in [7, 11) is 0. The number of piperazine rings is 1. The van der Waals surface area contributed by atoms with Crippen LogP contribution in [0.4, 0.5) is 5.95 Å². The maximum Gasteiger partial charge on any atom is 0.225 e. The van der Waals surface area contributed by atoms with E-state index < -0.39 is 0 Å². The fourth-order valence-corrected chi connectivity index (χ4v) is 2.49. The van der Waals surface area contributed by atoms with Crippen molar-refractivity contribution in [1.29, 1.82) is 0 Å². The molecule has 3 rings (SSSR count). The number of aromatic nitrogens is 2. The molecule has 6 heteroatoms. The van der Waals surface area contributed by atoms with Crippen molar-refractivity contribution in [3.63, 3.8) is 0 Å². The molecule has 1 aliphatic carbocycles. The summed E-state index contributed by atoms with van der Waals surface area (Å²) >= 11 is 0. The van der Waals surface area contributed by atoms with Gasteiger partial charge in [0, 0.05) is 44.5 Å². The van der Waals surface area contributed by atoms with Crippen LogP contribution in [-0.4, -0.2) is 47.0 Å². The van der Waals surface area contributed by atoms with E-state index in [1.807, 2.05) is 11.0 Å². The van der Waals surface area contributed by atoms with E-state index >= 15 is 0 Å². The first-order valence-electron chi connectivity index (χ1n) is 6.65. The second-order valence-corrected chi connectivity index (χ2v) is 4.99. The molecule has 0 unspecified atom stereocenters. The molecule has 2 heterocycles. The average molecular weight is 283 g/mol. The number of nitrogens with zero attached hydrogens (tertiary/aromatic N) is 4. The van der Waals surface area contributed by atoms with E-state index in [9.17, 15) is 4.79 Å². The van der Waals surface area contributed by atoms with Crippen LogP contribution in [0.1, 0.15) is 19.3 Å². The molecule has 2 aliphatic rings. The molecule has 1 aromatic heterocycles. The van der Waals surface area contributed by atoms with Crippen molar-refractivity contribution in [3.05, 3.63) is 18.5 Å². The number of hydrogen-bond donors (Lipinski definition) is 0. The van der Waals surface area contributed by atoms with Crippen molar-refractivity contribution in [2.45, 2.75) is 19.3 Å². The average Bonchev–Trinajstić information content (AvgIpc) is 2.38. The van der Waals surface area contributed by atoms with Crippen LogP contribution >= 0.6 is 12.4 Å². The Morgan fingerprint density at radius 1 is 1.11 bits per heavy atom. The van der Waals surface area contributed by atoms with E-state index in [1.165, 1.54) is 6.42 Å². The van der Waals surface area contributed by atoms with Crippen molar-refractivity contribution in [2.75, 3.05) is 31.1 Å². The van der Waals surface area contributed by atoms with Crippen LogP contribution in [0.25, 0.3) is 0 Å². The van der Waals surface area contributed by atoms with E-state index in [4.69, 9.17) is 0 Å². The zero-order valence-corrected chi connectivity index (χ0v) is 11.7. The highest BCUT2D eigenvalue weighted by molar-refractivity contribution is 5.85. The highest BCUT2D eigenvalue weighted by atomic mass is 35.5. The van der Waals surface area contributed by atoms with Crippen molar-refractivity contribution >= 4 is 24.3 Å². The van der Waals surface area contributed by atoms with E-state index in [1.54, 1.807) is 12.4 Å². The molecule has 1 aliphatic heterocycles. The van der Waals surface area contributed by atoms with Gasteiger partial charge in [-0.05, 0) is 18.9 Å². The van der Waals surface area contributed by atoms with E-state index in [0.717, 1.165) is 45.0 Å². The van der Waals surface area contributed by atoms with Gasteiger partial charge in [-0.3, -0.25) is 4.79 Å². The quantitative estimate of drug-likeness (QED) is 0.822. The van der Waals surface area contributed by atoms with Gasteiger partial charge < -0.3 is 9.80 Å². The molecule has 2 fully saturated rings. The van der Waals surface area contributed by atoms with Crippen LogP contribution in [0.15, 0.2) is 18.5 Å². The Balaban J connectivity index is 0.00000133. The lowest BCUT2D eigenvalue weighted by molar-refractivity contribution is -0.138. The number of carbonyl (C=O) groups excluding carboxylic acids is 1. The summed E-state index contributed by atoms with van der Waals surface area (Å²) in [5.41, 5.74) is 0. The van der Waals surface area contributed by atoms with Crippen LogP contribution in [0.3, 0.4) is 0 Å². The van der Waals surface area contributed by atoms with Crippen LogP contribution in [0, 0.1) is 5.92 Å². The molecule has 1 saturated carbocycles. The maximum atomic E-state index is 12.1. The van der Waals surface area contributed by atoms with E-state index in [2.05, 4.69) is 14.9 Å². The summed E-state index contributed by atoms with van der Waals surface area (Å²) in [6, 6.07) is 1.82. The molecule has 0 aromatic carbocycles. The molecular formula is C13H19ClN4O. The summed E-state index contributed by atoms with van der Waals surface area (Å²) in [6.45, 7) is 3.27. The number of halogens is 1. The minimum atomic E-state index is 0. The predicted molar refractivity (Wildman–Crippen MR) is 75.4 cm³/mol. The minimum absolute atomic E-state index is 0. The normalized spacial score (nSPS) is 19.6. The van der Waals surface area contributed by atoms with Crippen LogP contribution in [0.5, 0.6) is 0 Å². The summed E-state index contributed by atoms with van der Waals surface area (Å²) in [5.74, 6) is 1.44. The van der Waals surface area contributed by atoms with Gasteiger partial charge in [0.05, 0.1) is 0 Å². The first-order chi connectivity index (χ1) is 8.84. The van der Waals surface area contributed by atoms with Gasteiger partial charge >= 0.3 is 0 Å².